The zero-order valence-electron chi connectivity index (χ0n) is 17.6. The van der Waals surface area contributed by atoms with Crippen molar-refractivity contribution in [2.75, 3.05) is 4.90 Å². The first-order valence-electron chi connectivity index (χ1n) is 9.88. The van der Waals surface area contributed by atoms with Gasteiger partial charge in [0.1, 0.15) is 17.3 Å². The average molecular weight is 499 g/mol. The SMILES string of the molecule is CC(C)(C)c1cc(N2C(=O)C(=O)C(=C(O)c3ccc(Br)cc3)C2c2ccccc2F)no1. The van der Waals surface area contributed by atoms with Gasteiger partial charge in [0.15, 0.2) is 5.82 Å². The van der Waals surface area contributed by atoms with Gasteiger partial charge in [-0.3, -0.25) is 14.5 Å². The van der Waals surface area contributed by atoms with Crippen molar-refractivity contribution in [2.24, 2.45) is 0 Å². The monoisotopic (exact) mass is 498 g/mol. The minimum atomic E-state index is -1.21. The van der Waals surface area contributed by atoms with Crippen molar-refractivity contribution in [1.29, 1.82) is 0 Å². The number of aliphatic hydroxyl groups excluding tert-OH is 1. The van der Waals surface area contributed by atoms with E-state index in [0.29, 0.717) is 11.3 Å². The number of hydrogen-bond donors (Lipinski definition) is 1. The van der Waals surface area contributed by atoms with Crippen molar-refractivity contribution in [3.63, 3.8) is 0 Å². The van der Waals surface area contributed by atoms with E-state index in [2.05, 4.69) is 21.1 Å². The van der Waals surface area contributed by atoms with Crippen LogP contribution in [0.15, 0.2) is 69.2 Å². The van der Waals surface area contributed by atoms with E-state index in [1.54, 1.807) is 36.4 Å². The topological polar surface area (TPSA) is 83.6 Å². The molecule has 0 radical (unpaired) electrons. The number of ketones is 1. The first-order chi connectivity index (χ1) is 15.1. The van der Waals surface area contributed by atoms with Gasteiger partial charge in [-0.15, -0.1) is 0 Å². The number of carbonyl (C=O) groups excluding carboxylic acids is 2. The van der Waals surface area contributed by atoms with Gasteiger partial charge >= 0.3 is 5.91 Å². The summed E-state index contributed by atoms with van der Waals surface area (Å²) in [5.41, 5.74) is -0.236. The quantitative estimate of drug-likeness (QED) is 0.292. The van der Waals surface area contributed by atoms with Crippen LogP contribution in [0.2, 0.25) is 0 Å². The maximum atomic E-state index is 14.9. The van der Waals surface area contributed by atoms with E-state index < -0.39 is 34.7 Å². The predicted molar refractivity (Wildman–Crippen MR) is 121 cm³/mol. The van der Waals surface area contributed by atoms with E-state index in [1.807, 2.05) is 20.8 Å². The predicted octanol–water partition coefficient (Wildman–Crippen LogP) is 5.50. The molecule has 1 aromatic heterocycles. The Bertz CT molecular complexity index is 1240. The Labute approximate surface area is 192 Å². The number of Topliss-reactive ketones (excluding diaryl/α,β-unsaturated/α-hetero) is 1. The van der Waals surface area contributed by atoms with Crippen molar-refractivity contribution >= 4 is 39.2 Å². The number of aromatic nitrogens is 1. The fourth-order valence-electron chi connectivity index (χ4n) is 3.56. The zero-order valence-corrected chi connectivity index (χ0v) is 19.2. The molecule has 8 heteroatoms. The van der Waals surface area contributed by atoms with E-state index in [9.17, 15) is 19.1 Å². The lowest BCUT2D eigenvalue weighted by molar-refractivity contribution is -0.132. The van der Waals surface area contributed by atoms with E-state index in [0.717, 1.165) is 9.37 Å². The molecule has 2 heterocycles. The first-order valence-corrected chi connectivity index (χ1v) is 10.7. The fraction of sp³-hybridized carbons (Fsp3) is 0.208. The van der Waals surface area contributed by atoms with Gasteiger partial charge < -0.3 is 9.63 Å². The third-order valence-corrected chi connectivity index (χ3v) is 5.77. The molecule has 1 atom stereocenters. The van der Waals surface area contributed by atoms with Crippen molar-refractivity contribution < 1.29 is 23.6 Å². The van der Waals surface area contributed by atoms with Crippen LogP contribution in [0.5, 0.6) is 0 Å². The molecule has 0 spiro atoms. The van der Waals surface area contributed by atoms with Crippen LogP contribution in [0.25, 0.3) is 5.76 Å². The summed E-state index contributed by atoms with van der Waals surface area (Å²) in [7, 11) is 0. The van der Waals surface area contributed by atoms with Gasteiger partial charge in [0.2, 0.25) is 0 Å². The Hall–Kier alpha value is -3.26. The maximum Gasteiger partial charge on any atom is 0.301 e. The minimum absolute atomic E-state index is 0.0608. The third kappa shape index (κ3) is 3.75. The van der Waals surface area contributed by atoms with Crippen LogP contribution in [0, 0.1) is 5.82 Å². The molecule has 1 unspecified atom stereocenters. The summed E-state index contributed by atoms with van der Waals surface area (Å²) in [4.78, 5) is 27.2. The standard InChI is InChI=1S/C24H20BrFN2O4/c1-24(2,3)17-12-18(27-32-17)28-20(15-6-4-5-7-16(15)26)19(22(30)23(28)31)21(29)13-8-10-14(25)11-9-13/h4-12,20,29H,1-3H3. The van der Waals surface area contributed by atoms with Crippen LogP contribution >= 0.6 is 15.9 Å². The summed E-state index contributed by atoms with van der Waals surface area (Å²) < 4.78 is 21.0. The average Bonchev–Trinajstić information content (AvgIpc) is 3.32. The highest BCUT2D eigenvalue weighted by Gasteiger charge is 2.49. The largest absolute Gasteiger partial charge is 0.507 e. The summed E-state index contributed by atoms with van der Waals surface area (Å²) in [5, 5.41) is 15.0. The molecule has 0 bridgehead atoms. The molecule has 0 aliphatic carbocycles. The second-order valence-electron chi connectivity index (χ2n) is 8.50. The van der Waals surface area contributed by atoms with Gasteiger partial charge in [0.25, 0.3) is 5.78 Å². The zero-order chi connectivity index (χ0) is 23.2. The Morgan fingerprint density at radius 2 is 1.78 bits per heavy atom. The van der Waals surface area contributed by atoms with Crippen LogP contribution in [0.1, 0.15) is 43.7 Å². The Balaban J connectivity index is 1.94. The molecule has 6 nitrogen and oxygen atoms in total. The molecule has 0 saturated carbocycles. The second-order valence-corrected chi connectivity index (χ2v) is 9.41. The molecular formula is C24H20BrFN2O4. The smallest absolute Gasteiger partial charge is 0.301 e. The lowest BCUT2D eigenvalue weighted by Gasteiger charge is -2.23. The summed E-state index contributed by atoms with van der Waals surface area (Å²) in [6.07, 6.45) is 0. The Morgan fingerprint density at radius 1 is 1.12 bits per heavy atom. The second kappa shape index (κ2) is 8.02. The number of carbonyl (C=O) groups is 2. The van der Waals surface area contributed by atoms with E-state index in [4.69, 9.17) is 4.52 Å². The third-order valence-electron chi connectivity index (χ3n) is 5.25. The molecular weight excluding hydrogens is 479 g/mol. The number of benzene rings is 2. The molecule has 164 valence electrons. The molecule has 2 aromatic carbocycles. The molecule has 32 heavy (non-hydrogen) atoms. The molecule has 1 aliphatic heterocycles. The van der Waals surface area contributed by atoms with E-state index in [-0.39, 0.29) is 17.0 Å². The molecule has 1 aliphatic rings. The summed E-state index contributed by atoms with van der Waals surface area (Å²) in [5.74, 6) is -2.31. The number of amides is 1. The van der Waals surface area contributed by atoms with Gasteiger partial charge in [-0.2, -0.15) is 0 Å². The van der Waals surface area contributed by atoms with Crippen molar-refractivity contribution in [3.8, 4) is 0 Å². The van der Waals surface area contributed by atoms with E-state index >= 15 is 0 Å². The minimum Gasteiger partial charge on any atom is -0.507 e. The van der Waals surface area contributed by atoms with Crippen LogP contribution in [0.4, 0.5) is 10.2 Å². The maximum absolute atomic E-state index is 14.9. The molecule has 1 amide bonds. The fourth-order valence-corrected chi connectivity index (χ4v) is 3.82. The number of aliphatic hydroxyl groups is 1. The van der Waals surface area contributed by atoms with Crippen LogP contribution in [-0.4, -0.2) is 22.0 Å². The normalized spacial score (nSPS) is 18.4. The molecule has 1 fully saturated rings. The molecule has 1 saturated heterocycles. The van der Waals surface area contributed by atoms with E-state index in [1.165, 1.54) is 18.2 Å². The van der Waals surface area contributed by atoms with Crippen LogP contribution in [-0.2, 0) is 15.0 Å². The first kappa shape index (κ1) is 22.0. The number of nitrogens with zero attached hydrogens (tertiary/aromatic N) is 2. The van der Waals surface area contributed by atoms with Crippen LogP contribution < -0.4 is 4.90 Å². The number of anilines is 1. The highest BCUT2D eigenvalue weighted by atomic mass is 79.9. The van der Waals surface area contributed by atoms with Crippen molar-refractivity contribution in [3.05, 3.63) is 87.3 Å². The van der Waals surface area contributed by atoms with Gasteiger partial charge in [0.05, 0.1) is 11.6 Å². The Kier molecular flexibility index (Phi) is 5.50. The highest BCUT2D eigenvalue weighted by Crippen LogP contribution is 2.43. The molecule has 4 rings (SSSR count). The van der Waals surface area contributed by atoms with Gasteiger partial charge in [-0.1, -0.05) is 72.2 Å². The van der Waals surface area contributed by atoms with Gasteiger partial charge in [-0.25, -0.2) is 4.39 Å². The molecule has 1 N–H and O–H groups in total. The summed E-state index contributed by atoms with van der Waals surface area (Å²) in [6, 6.07) is 12.7. The summed E-state index contributed by atoms with van der Waals surface area (Å²) >= 11 is 3.32. The lowest BCUT2D eigenvalue weighted by atomic mass is 9.93. The number of halogens is 2. The number of hydrogen-bond acceptors (Lipinski definition) is 5. The number of rotatable bonds is 3. The highest BCUT2D eigenvalue weighted by molar-refractivity contribution is 9.10. The molecule has 3 aromatic rings. The lowest BCUT2D eigenvalue weighted by Crippen LogP contribution is -2.30. The summed E-state index contributed by atoms with van der Waals surface area (Å²) in [6.45, 7) is 5.73. The Morgan fingerprint density at radius 3 is 2.38 bits per heavy atom. The van der Waals surface area contributed by atoms with Crippen molar-refractivity contribution in [1.82, 2.24) is 5.16 Å². The van der Waals surface area contributed by atoms with Crippen LogP contribution in [0.3, 0.4) is 0 Å². The van der Waals surface area contributed by atoms with Gasteiger partial charge in [-0.05, 0) is 18.2 Å². The van der Waals surface area contributed by atoms with Gasteiger partial charge in [0, 0.05) is 27.1 Å². The van der Waals surface area contributed by atoms with Crippen molar-refractivity contribution in [2.45, 2.75) is 32.2 Å².